The summed E-state index contributed by atoms with van der Waals surface area (Å²) in [6.07, 6.45) is 3.83. The van der Waals surface area contributed by atoms with Crippen molar-refractivity contribution in [1.82, 2.24) is 19.5 Å². The van der Waals surface area contributed by atoms with Gasteiger partial charge in [-0.25, -0.2) is 4.98 Å². The summed E-state index contributed by atoms with van der Waals surface area (Å²) in [7, 11) is 0. The van der Waals surface area contributed by atoms with Gasteiger partial charge in [0.05, 0.1) is 28.0 Å². The second kappa shape index (κ2) is 17.4. The van der Waals surface area contributed by atoms with Gasteiger partial charge in [-0.1, -0.05) is 179 Å². The number of pyridine rings is 2. The van der Waals surface area contributed by atoms with E-state index in [1.807, 2.05) is 54.7 Å². The number of para-hydroxylation sites is 2. The summed E-state index contributed by atoms with van der Waals surface area (Å²) in [5.74, 6) is 0.672. The van der Waals surface area contributed by atoms with Crippen LogP contribution in [-0.2, 0) is 47.2 Å². The van der Waals surface area contributed by atoms with Crippen molar-refractivity contribution in [1.29, 1.82) is 0 Å². The normalized spacial score (nSPS) is 16.8. The molecular weight excluding hydrogens is 1080 g/mol. The average molecular weight is 1150 g/mol. The molecule has 2 aliphatic rings. The van der Waals surface area contributed by atoms with Crippen LogP contribution in [0.5, 0.6) is 0 Å². The molecule has 0 fully saturated rings. The summed E-state index contributed by atoms with van der Waals surface area (Å²) in [5.41, 5.74) is 16.4. The fourth-order valence-corrected chi connectivity index (χ4v) is 13.4. The molecule has 0 atom stereocenters. The number of furan rings is 1. The van der Waals surface area contributed by atoms with Crippen LogP contribution in [0.3, 0.4) is 0 Å². The Hall–Kier alpha value is -6.72. The molecule has 0 saturated carbocycles. The number of benzene rings is 7. The summed E-state index contributed by atoms with van der Waals surface area (Å²) in [5, 5.41) is 4.20. The number of hydrogen-bond donors (Lipinski definition) is 0. The van der Waals surface area contributed by atoms with Crippen LogP contribution in [0.15, 0.2) is 150 Å². The minimum absolute atomic E-state index is 0. The molecule has 0 N–H and O–H groups in total. The zero-order chi connectivity index (χ0) is 53.5. The first-order chi connectivity index (χ1) is 35.9. The van der Waals surface area contributed by atoms with Crippen LogP contribution in [0.25, 0.3) is 94.2 Å². The third-order valence-corrected chi connectivity index (χ3v) is 15.9. The summed E-state index contributed by atoms with van der Waals surface area (Å²) in [6.45, 7) is 23.5. The van der Waals surface area contributed by atoms with Crippen molar-refractivity contribution in [3.8, 4) is 39.5 Å². The Balaban J connectivity index is 0.000000319. The van der Waals surface area contributed by atoms with Crippen molar-refractivity contribution in [2.75, 3.05) is 0 Å². The van der Waals surface area contributed by atoms with Crippen molar-refractivity contribution >= 4 is 54.8 Å². The topological polar surface area (TPSA) is 56.7 Å². The summed E-state index contributed by atoms with van der Waals surface area (Å²) in [4.78, 5) is 15.0. The second-order valence-electron chi connectivity index (χ2n) is 24.3. The Bertz CT molecular complexity index is 4080. The van der Waals surface area contributed by atoms with Crippen LogP contribution < -0.4 is 0 Å². The van der Waals surface area contributed by atoms with Crippen molar-refractivity contribution in [3.05, 3.63) is 191 Å². The molecule has 0 aliphatic heterocycles. The van der Waals surface area contributed by atoms with Gasteiger partial charge in [0.25, 0.3) is 0 Å². The molecule has 5 nitrogen and oxygen atoms in total. The first-order valence-corrected chi connectivity index (χ1v) is 25.8. The Morgan fingerprint density at radius 1 is 0.649 bits per heavy atom. The standard InChI is InChI=1S/C53H48N3O.C15H16N.Ir/c1-30-23-26-35(47-39(30)36-27-33-25-24-31-17-13-14-20-34(31)45(33)55-49(36)57-47)48-54-37-21-15-16-22-38(37)56(48)46-43-41(50(2,3)28-52(43,6)7)40(32-18-11-10-12-19-32)42-44(46)53(8,9)29-51(42,4)5;1-15(2,3)13-9-10-16-14(11-13)12-7-5-4-6-8-12;/h10-25,27H,28-29H2,1-9H3;4-7,9-11H,1-3H3;/q2*-1;/i1D3;;. The number of rotatable bonds is 4. The van der Waals surface area contributed by atoms with Gasteiger partial charge in [-0.05, 0) is 114 Å². The van der Waals surface area contributed by atoms with Gasteiger partial charge in [0.2, 0.25) is 5.71 Å². The monoisotopic (exact) mass is 1150 g/mol. The van der Waals surface area contributed by atoms with E-state index in [-0.39, 0.29) is 52.7 Å². The van der Waals surface area contributed by atoms with E-state index in [1.54, 1.807) is 6.07 Å². The molecule has 7 aromatic carbocycles. The fraction of sp³-hybridized carbons (Fsp3) is 0.279. The molecule has 74 heavy (non-hydrogen) atoms. The first kappa shape index (κ1) is 45.9. The molecule has 4 heterocycles. The molecule has 2 aliphatic carbocycles. The molecule has 4 aromatic heterocycles. The van der Waals surface area contributed by atoms with E-state index in [1.165, 1.54) is 44.6 Å². The molecule has 13 rings (SSSR count). The summed E-state index contributed by atoms with van der Waals surface area (Å²) >= 11 is 0. The Kier molecular flexibility index (Phi) is 10.8. The molecule has 0 spiro atoms. The summed E-state index contributed by atoms with van der Waals surface area (Å²) in [6, 6.07) is 54.2. The molecule has 6 heteroatoms. The Labute approximate surface area is 454 Å². The van der Waals surface area contributed by atoms with Crippen LogP contribution in [0.4, 0.5) is 0 Å². The number of aryl methyl sites for hydroxylation is 1. The van der Waals surface area contributed by atoms with Crippen molar-refractivity contribution in [2.45, 2.75) is 123 Å². The predicted molar refractivity (Wildman–Crippen MR) is 304 cm³/mol. The smallest absolute Gasteiger partial charge is 0.216 e. The quantitative estimate of drug-likeness (QED) is 0.130. The van der Waals surface area contributed by atoms with Crippen LogP contribution in [0.2, 0.25) is 0 Å². The van der Waals surface area contributed by atoms with E-state index >= 15 is 0 Å². The third kappa shape index (κ3) is 7.86. The minimum atomic E-state index is -2.43. The van der Waals surface area contributed by atoms with Crippen molar-refractivity contribution in [2.24, 2.45) is 0 Å². The molecule has 0 unspecified atom stereocenters. The van der Waals surface area contributed by atoms with Crippen molar-refractivity contribution < 1.29 is 28.6 Å². The molecule has 1 radical (unpaired) electrons. The van der Waals surface area contributed by atoms with E-state index in [4.69, 9.17) is 18.5 Å². The largest absolute Gasteiger partial charge is 0.486 e. The second-order valence-corrected chi connectivity index (χ2v) is 24.3. The first-order valence-electron chi connectivity index (χ1n) is 27.3. The maximum Gasteiger partial charge on any atom is 0.216 e. The van der Waals surface area contributed by atoms with Crippen LogP contribution in [0, 0.1) is 19.0 Å². The van der Waals surface area contributed by atoms with Gasteiger partial charge >= 0.3 is 0 Å². The minimum Gasteiger partial charge on any atom is -0.486 e. The number of fused-ring (bicyclic) bond motifs is 9. The zero-order valence-corrected chi connectivity index (χ0v) is 46.7. The van der Waals surface area contributed by atoms with Gasteiger partial charge in [-0.15, -0.1) is 53.6 Å². The molecular formula is C68H64IrN4O-2. The van der Waals surface area contributed by atoms with E-state index < -0.39 is 6.85 Å². The number of nitrogens with zero attached hydrogens (tertiary/aromatic N) is 4. The predicted octanol–water partition coefficient (Wildman–Crippen LogP) is 17.8. The maximum atomic E-state index is 8.73. The van der Waals surface area contributed by atoms with Gasteiger partial charge in [0.1, 0.15) is 0 Å². The average Bonchev–Trinajstić information content (AvgIpc) is 4.18. The zero-order valence-electron chi connectivity index (χ0n) is 47.3. The van der Waals surface area contributed by atoms with Gasteiger partial charge in [0, 0.05) is 52.3 Å². The number of hydrogen-bond acceptors (Lipinski definition) is 4. The SMILES string of the molecule is CC(C)(C)c1ccnc(-c2[c-]cccc2)c1.[2H]C([2H])([2H])c1c[c-]c(-c2nc3ccccc3n2-c2c3c(c(-c4ccccc4)c4c2C(C)(C)CC4(C)C)C(C)(C)CC3(C)C)c2oc3nc4c(ccc5ccccc54)cc3c12.[Ir]. The van der Waals surface area contributed by atoms with Crippen LogP contribution in [0.1, 0.15) is 126 Å². The van der Waals surface area contributed by atoms with Gasteiger partial charge in [-0.3, -0.25) is 4.98 Å². The molecule has 0 saturated heterocycles. The van der Waals surface area contributed by atoms with Crippen molar-refractivity contribution in [3.63, 3.8) is 0 Å². The third-order valence-electron chi connectivity index (χ3n) is 15.9. The van der Waals surface area contributed by atoms with Gasteiger partial charge in [0.15, 0.2) is 0 Å². The molecule has 373 valence electrons. The maximum absolute atomic E-state index is 8.73. The molecule has 0 amide bonds. The van der Waals surface area contributed by atoms with E-state index in [0.29, 0.717) is 33.5 Å². The molecule has 0 bridgehead atoms. The van der Waals surface area contributed by atoms with Crippen LogP contribution in [-0.4, -0.2) is 19.5 Å². The molecule has 11 aromatic rings. The fourth-order valence-electron chi connectivity index (χ4n) is 13.4. The van der Waals surface area contributed by atoms with E-state index in [0.717, 1.165) is 56.8 Å². The number of imidazole rings is 1. The number of aromatic nitrogens is 4. The van der Waals surface area contributed by atoms with Gasteiger partial charge in [-0.2, -0.15) is 0 Å². The van der Waals surface area contributed by atoms with E-state index in [9.17, 15) is 0 Å². The van der Waals surface area contributed by atoms with E-state index in [2.05, 4.69) is 183 Å². The summed E-state index contributed by atoms with van der Waals surface area (Å²) < 4.78 is 35.5. The Morgan fingerprint density at radius 2 is 1.30 bits per heavy atom. The van der Waals surface area contributed by atoms with Gasteiger partial charge < -0.3 is 14.0 Å². The Morgan fingerprint density at radius 3 is 1.99 bits per heavy atom. The van der Waals surface area contributed by atoms with Crippen LogP contribution >= 0.6 is 0 Å².